The van der Waals surface area contributed by atoms with Crippen molar-refractivity contribution in [3.05, 3.63) is 66.6 Å². The summed E-state index contributed by atoms with van der Waals surface area (Å²) < 4.78 is 8.78. The fourth-order valence-electron chi connectivity index (χ4n) is 2.93. The number of aromatic nitrogens is 5. The number of ether oxygens (including phenoxy) is 1. The molecule has 4 aromatic rings. The molecule has 2 aromatic carbocycles. The molecule has 8 nitrogen and oxygen atoms in total. The van der Waals surface area contributed by atoms with Crippen molar-refractivity contribution >= 4 is 22.5 Å². The van der Waals surface area contributed by atoms with Gasteiger partial charge in [-0.1, -0.05) is 12.1 Å². The van der Waals surface area contributed by atoms with E-state index >= 15 is 0 Å². The molecule has 4 rings (SSSR count). The highest BCUT2D eigenvalue weighted by atomic mass is 16.5. The van der Waals surface area contributed by atoms with Crippen molar-refractivity contribution in [3.63, 3.8) is 0 Å². The predicted octanol–water partition coefficient (Wildman–Crippen LogP) is 2.32. The Hall–Kier alpha value is -3.68. The SMILES string of the molecule is COc1ccc2c(ccn2CC(=O)Nc2ccc(Cn3cnnn3)cc2)c1. The molecule has 0 saturated heterocycles. The number of tetrazole rings is 1. The number of amides is 1. The number of hydrogen-bond donors (Lipinski definition) is 1. The number of fused-ring (bicyclic) bond motifs is 1. The average Bonchev–Trinajstić information content (AvgIpc) is 3.33. The topological polar surface area (TPSA) is 86.9 Å². The third-order valence-corrected chi connectivity index (χ3v) is 4.27. The summed E-state index contributed by atoms with van der Waals surface area (Å²) in [7, 11) is 1.64. The predicted molar refractivity (Wildman–Crippen MR) is 100 cm³/mol. The molecule has 0 aliphatic heterocycles. The van der Waals surface area contributed by atoms with Gasteiger partial charge < -0.3 is 14.6 Å². The van der Waals surface area contributed by atoms with Crippen LogP contribution in [0.4, 0.5) is 5.69 Å². The monoisotopic (exact) mass is 362 g/mol. The highest BCUT2D eigenvalue weighted by Crippen LogP contribution is 2.22. The molecule has 0 aliphatic carbocycles. The molecule has 0 aliphatic rings. The number of hydrogen-bond acceptors (Lipinski definition) is 5. The Morgan fingerprint density at radius 2 is 2.00 bits per heavy atom. The lowest BCUT2D eigenvalue weighted by molar-refractivity contribution is -0.116. The minimum Gasteiger partial charge on any atom is -0.497 e. The Labute approximate surface area is 155 Å². The van der Waals surface area contributed by atoms with Gasteiger partial charge in [-0.25, -0.2) is 4.68 Å². The van der Waals surface area contributed by atoms with Crippen molar-refractivity contribution in [1.29, 1.82) is 0 Å². The fraction of sp³-hybridized carbons (Fsp3) is 0.158. The first-order valence-electron chi connectivity index (χ1n) is 8.44. The van der Waals surface area contributed by atoms with E-state index in [9.17, 15) is 4.79 Å². The van der Waals surface area contributed by atoms with E-state index in [0.717, 1.165) is 27.9 Å². The van der Waals surface area contributed by atoms with Crippen molar-refractivity contribution in [1.82, 2.24) is 24.8 Å². The molecule has 0 unspecified atom stereocenters. The maximum Gasteiger partial charge on any atom is 0.244 e. The Kier molecular flexibility index (Phi) is 4.52. The van der Waals surface area contributed by atoms with E-state index in [0.29, 0.717) is 6.54 Å². The molecule has 0 spiro atoms. The first-order chi connectivity index (χ1) is 13.2. The van der Waals surface area contributed by atoms with Crippen LogP contribution in [-0.4, -0.2) is 37.8 Å². The van der Waals surface area contributed by atoms with E-state index < -0.39 is 0 Å². The van der Waals surface area contributed by atoms with Crippen LogP contribution in [0.5, 0.6) is 5.75 Å². The maximum atomic E-state index is 12.4. The highest BCUT2D eigenvalue weighted by molar-refractivity contribution is 5.92. The van der Waals surface area contributed by atoms with Gasteiger partial charge in [-0.05, 0) is 52.4 Å². The first kappa shape index (κ1) is 16.8. The highest BCUT2D eigenvalue weighted by Gasteiger charge is 2.08. The largest absolute Gasteiger partial charge is 0.497 e. The van der Waals surface area contributed by atoms with Gasteiger partial charge >= 0.3 is 0 Å². The second-order valence-electron chi connectivity index (χ2n) is 6.12. The quantitative estimate of drug-likeness (QED) is 0.569. The molecule has 2 heterocycles. The van der Waals surface area contributed by atoms with Gasteiger partial charge in [0.2, 0.25) is 5.91 Å². The number of nitrogens with zero attached hydrogens (tertiary/aromatic N) is 5. The Balaban J connectivity index is 1.40. The standard InChI is InChI=1S/C19H18N6O2/c1-27-17-6-7-18-15(10-17)8-9-24(18)12-19(26)21-16-4-2-14(3-5-16)11-25-13-20-22-23-25/h2-10,13H,11-12H2,1H3,(H,21,26). The van der Waals surface area contributed by atoms with Crippen molar-refractivity contribution in [2.24, 2.45) is 0 Å². The number of carbonyl (C=O) groups excluding carboxylic acids is 1. The Morgan fingerprint density at radius 3 is 2.74 bits per heavy atom. The van der Waals surface area contributed by atoms with Crippen LogP contribution in [0.25, 0.3) is 10.9 Å². The van der Waals surface area contributed by atoms with Crippen LogP contribution in [0.15, 0.2) is 61.1 Å². The summed E-state index contributed by atoms with van der Waals surface area (Å²) in [6.07, 6.45) is 3.46. The van der Waals surface area contributed by atoms with E-state index in [1.54, 1.807) is 18.1 Å². The normalized spacial score (nSPS) is 10.9. The fourth-order valence-corrected chi connectivity index (χ4v) is 2.93. The van der Waals surface area contributed by atoms with Crippen molar-refractivity contribution < 1.29 is 9.53 Å². The van der Waals surface area contributed by atoms with Gasteiger partial charge in [0.1, 0.15) is 18.6 Å². The third-order valence-electron chi connectivity index (χ3n) is 4.27. The van der Waals surface area contributed by atoms with Gasteiger partial charge in [0.05, 0.1) is 13.7 Å². The molecule has 0 radical (unpaired) electrons. The van der Waals surface area contributed by atoms with Gasteiger partial charge in [0.25, 0.3) is 0 Å². The van der Waals surface area contributed by atoms with Crippen molar-refractivity contribution in [2.45, 2.75) is 13.1 Å². The summed E-state index contributed by atoms with van der Waals surface area (Å²) in [4.78, 5) is 12.4. The number of methoxy groups -OCH3 is 1. The first-order valence-corrected chi connectivity index (χ1v) is 8.44. The minimum atomic E-state index is -0.0865. The van der Waals surface area contributed by atoms with Crippen LogP contribution in [0.2, 0.25) is 0 Å². The van der Waals surface area contributed by atoms with Gasteiger partial charge in [-0.3, -0.25) is 4.79 Å². The van der Waals surface area contributed by atoms with Crippen molar-refractivity contribution in [2.75, 3.05) is 12.4 Å². The summed E-state index contributed by atoms with van der Waals surface area (Å²) in [6, 6.07) is 15.4. The van der Waals surface area contributed by atoms with E-state index in [2.05, 4.69) is 20.8 Å². The Bertz CT molecular complexity index is 1050. The molecule has 8 heteroatoms. The second-order valence-corrected chi connectivity index (χ2v) is 6.12. The van der Waals surface area contributed by atoms with Crippen LogP contribution in [0.3, 0.4) is 0 Å². The van der Waals surface area contributed by atoms with E-state index in [1.165, 1.54) is 0 Å². The molecule has 0 fully saturated rings. The summed E-state index contributed by atoms with van der Waals surface area (Å²) in [5, 5.41) is 15.0. The zero-order chi connectivity index (χ0) is 18.6. The number of benzene rings is 2. The molecule has 0 atom stereocenters. The lowest BCUT2D eigenvalue weighted by atomic mass is 10.2. The third kappa shape index (κ3) is 3.79. The van der Waals surface area contributed by atoms with Gasteiger partial charge in [-0.15, -0.1) is 5.10 Å². The molecular formula is C19H18N6O2. The summed E-state index contributed by atoms with van der Waals surface area (Å²) in [6.45, 7) is 0.822. The number of carbonyl (C=O) groups is 1. The molecular weight excluding hydrogens is 344 g/mol. The maximum absolute atomic E-state index is 12.4. The lowest BCUT2D eigenvalue weighted by Crippen LogP contribution is -2.18. The van der Waals surface area contributed by atoms with Gasteiger partial charge in [-0.2, -0.15) is 0 Å². The summed E-state index contributed by atoms with van der Waals surface area (Å²) in [5.41, 5.74) is 2.78. The zero-order valence-corrected chi connectivity index (χ0v) is 14.7. The number of nitrogens with one attached hydrogen (secondary N) is 1. The molecule has 1 N–H and O–H groups in total. The molecule has 136 valence electrons. The summed E-state index contributed by atoms with van der Waals surface area (Å²) >= 11 is 0. The molecule has 2 aromatic heterocycles. The smallest absolute Gasteiger partial charge is 0.244 e. The zero-order valence-electron chi connectivity index (χ0n) is 14.7. The van der Waals surface area contributed by atoms with E-state index in [-0.39, 0.29) is 12.5 Å². The van der Waals surface area contributed by atoms with E-state index in [1.807, 2.05) is 59.3 Å². The van der Waals surface area contributed by atoms with Gasteiger partial charge in [0, 0.05) is 22.8 Å². The van der Waals surface area contributed by atoms with Crippen LogP contribution < -0.4 is 10.1 Å². The summed E-state index contributed by atoms with van der Waals surface area (Å²) in [5.74, 6) is 0.711. The van der Waals surface area contributed by atoms with E-state index in [4.69, 9.17) is 4.74 Å². The van der Waals surface area contributed by atoms with Crippen LogP contribution >= 0.6 is 0 Å². The van der Waals surface area contributed by atoms with Gasteiger partial charge in [0.15, 0.2) is 0 Å². The average molecular weight is 362 g/mol. The number of rotatable bonds is 6. The number of anilines is 1. The lowest BCUT2D eigenvalue weighted by Gasteiger charge is -2.09. The molecule has 27 heavy (non-hydrogen) atoms. The molecule has 1 amide bonds. The molecule has 0 saturated carbocycles. The van der Waals surface area contributed by atoms with Crippen LogP contribution in [0, 0.1) is 0 Å². The Morgan fingerprint density at radius 1 is 1.15 bits per heavy atom. The second kappa shape index (κ2) is 7.28. The van der Waals surface area contributed by atoms with Crippen molar-refractivity contribution in [3.8, 4) is 5.75 Å². The minimum absolute atomic E-state index is 0.0865. The van der Waals surface area contributed by atoms with Crippen LogP contribution in [-0.2, 0) is 17.9 Å². The van der Waals surface area contributed by atoms with Crippen LogP contribution in [0.1, 0.15) is 5.56 Å². The molecule has 0 bridgehead atoms.